The standard InChI is InChI=1S/C10H13NO3/c1-2-11-9(12)5-3-7-8(14-7)4-6(5)10(11)13/h5-8H,2-4H2,1H3. The van der Waals surface area contributed by atoms with Gasteiger partial charge in [0.25, 0.3) is 0 Å². The molecule has 0 N–H and O–H groups in total. The van der Waals surface area contributed by atoms with Crippen LogP contribution in [0, 0.1) is 11.8 Å². The number of ether oxygens (including phenoxy) is 1. The summed E-state index contributed by atoms with van der Waals surface area (Å²) in [5, 5.41) is 0. The van der Waals surface area contributed by atoms with Gasteiger partial charge in [0.15, 0.2) is 0 Å². The lowest BCUT2D eigenvalue weighted by Gasteiger charge is -2.16. The van der Waals surface area contributed by atoms with E-state index in [1.165, 1.54) is 4.90 Å². The maximum absolute atomic E-state index is 11.8. The first kappa shape index (κ1) is 8.41. The molecule has 3 rings (SSSR count). The zero-order valence-corrected chi connectivity index (χ0v) is 8.10. The van der Waals surface area contributed by atoms with Crippen molar-refractivity contribution < 1.29 is 14.3 Å². The third-order valence-corrected chi connectivity index (χ3v) is 3.63. The summed E-state index contributed by atoms with van der Waals surface area (Å²) in [5.74, 6) is -0.106. The summed E-state index contributed by atoms with van der Waals surface area (Å²) >= 11 is 0. The Morgan fingerprint density at radius 1 is 1.21 bits per heavy atom. The fraction of sp³-hybridized carbons (Fsp3) is 0.800. The van der Waals surface area contributed by atoms with E-state index in [9.17, 15) is 9.59 Å². The fourth-order valence-electron chi connectivity index (χ4n) is 2.79. The van der Waals surface area contributed by atoms with Crippen molar-refractivity contribution in [3.63, 3.8) is 0 Å². The second-order valence-electron chi connectivity index (χ2n) is 4.32. The first-order valence-electron chi connectivity index (χ1n) is 5.23. The first-order valence-corrected chi connectivity index (χ1v) is 5.23. The molecule has 0 aromatic rings. The van der Waals surface area contributed by atoms with Crippen molar-refractivity contribution in [1.82, 2.24) is 4.90 Å². The van der Waals surface area contributed by atoms with Crippen LogP contribution in [0.2, 0.25) is 0 Å². The normalized spacial score (nSPS) is 45.1. The summed E-state index contributed by atoms with van der Waals surface area (Å²) in [7, 11) is 0. The molecule has 0 aromatic heterocycles. The van der Waals surface area contributed by atoms with Gasteiger partial charge in [-0.15, -0.1) is 0 Å². The maximum atomic E-state index is 11.8. The van der Waals surface area contributed by atoms with E-state index in [0.29, 0.717) is 6.54 Å². The van der Waals surface area contributed by atoms with Gasteiger partial charge in [0.1, 0.15) is 0 Å². The molecule has 0 spiro atoms. The molecule has 0 aromatic carbocycles. The van der Waals surface area contributed by atoms with Crippen LogP contribution in [0.3, 0.4) is 0 Å². The highest BCUT2D eigenvalue weighted by Gasteiger charge is 2.57. The number of hydrogen-bond donors (Lipinski definition) is 0. The molecule has 2 aliphatic heterocycles. The summed E-state index contributed by atoms with van der Waals surface area (Å²) in [6, 6.07) is 0. The molecule has 4 nitrogen and oxygen atoms in total. The van der Waals surface area contributed by atoms with E-state index < -0.39 is 0 Å². The van der Waals surface area contributed by atoms with E-state index in [0.717, 1.165) is 12.8 Å². The van der Waals surface area contributed by atoms with Gasteiger partial charge in [-0.25, -0.2) is 0 Å². The van der Waals surface area contributed by atoms with Gasteiger partial charge in [-0.2, -0.15) is 0 Å². The third-order valence-electron chi connectivity index (χ3n) is 3.63. The molecule has 3 aliphatic rings. The second-order valence-corrected chi connectivity index (χ2v) is 4.32. The molecule has 2 saturated heterocycles. The number of nitrogens with zero attached hydrogens (tertiary/aromatic N) is 1. The quantitative estimate of drug-likeness (QED) is 0.442. The lowest BCUT2D eigenvalue weighted by molar-refractivity contribution is -0.139. The van der Waals surface area contributed by atoms with Gasteiger partial charge < -0.3 is 4.74 Å². The van der Waals surface area contributed by atoms with Gasteiger partial charge >= 0.3 is 0 Å². The molecule has 76 valence electrons. The highest BCUT2D eigenvalue weighted by molar-refractivity contribution is 6.05. The van der Waals surface area contributed by atoms with Crippen LogP contribution in [0.1, 0.15) is 19.8 Å². The number of carbonyl (C=O) groups is 2. The van der Waals surface area contributed by atoms with E-state index in [4.69, 9.17) is 4.74 Å². The molecular formula is C10H13NO3. The topological polar surface area (TPSA) is 49.9 Å². The summed E-state index contributed by atoms with van der Waals surface area (Å²) in [4.78, 5) is 25.0. The van der Waals surface area contributed by atoms with Crippen molar-refractivity contribution in [2.75, 3.05) is 6.54 Å². The largest absolute Gasteiger partial charge is 0.370 e. The Morgan fingerprint density at radius 2 is 1.71 bits per heavy atom. The van der Waals surface area contributed by atoms with Gasteiger partial charge in [0, 0.05) is 6.54 Å². The first-order chi connectivity index (χ1) is 6.72. The fourth-order valence-corrected chi connectivity index (χ4v) is 2.79. The van der Waals surface area contributed by atoms with Crippen molar-refractivity contribution in [1.29, 1.82) is 0 Å². The van der Waals surface area contributed by atoms with Gasteiger partial charge in [0.05, 0.1) is 24.0 Å². The van der Waals surface area contributed by atoms with Crippen LogP contribution in [-0.2, 0) is 14.3 Å². The van der Waals surface area contributed by atoms with Crippen molar-refractivity contribution >= 4 is 11.8 Å². The molecule has 4 atom stereocenters. The number of epoxide rings is 1. The average Bonchev–Trinajstić information content (AvgIpc) is 2.89. The molecule has 2 amide bonds. The van der Waals surface area contributed by atoms with E-state index in [-0.39, 0.29) is 35.9 Å². The summed E-state index contributed by atoms with van der Waals surface area (Å²) in [6.45, 7) is 2.37. The number of hydrogen-bond acceptors (Lipinski definition) is 3. The molecule has 1 aliphatic carbocycles. The van der Waals surface area contributed by atoms with Crippen molar-refractivity contribution in [3.8, 4) is 0 Å². The molecule has 4 heteroatoms. The minimum absolute atomic E-state index is 0.0245. The van der Waals surface area contributed by atoms with Gasteiger partial charge in [-0.1, -0.05) is 0 Å². The van der Waals surface area contributed by atoms with Gasteiger partial charge in [-0.05, 0) is 19.8 Å². The number of carbonyl (C=O) groups excluding carboxylic acids is 2. The van der Waals surface area contributed by atoms with Crippen LogP contribution in [0.5, 0.6) is 0 Å². The van der Waals surface area contributed by atoms with Crippen LogP contribution in [0.15, 0.2) is 0 Å². The van der Waals surface area contributed by atoms with E-state index in [1.54, 1.807) is 0 Å². The molecule has 3 fully saturated rings. The van der Waals surface area contributed by atoms with Crippen LogP contribution in [0.4, 0.5) is 0 Å². The van der Waals surface area contributed by atoms with Crippen molar-refractivity contribution in [3.05, 3.63) is 0 Å². The zero-order chi connectivity index (χ0) is 9.87. The van der Waals surface area contributed by atoms with Crippen LogP contribution >= 0.6 is 0 Å². The van der Waals surface area contributed by atoms with E-state index >= 15 is 0 Å². The Hall–Kier alpha value is -0.900. The number of fused-ring (bicyclic) bond motifs is 2. The predicted octanol–water partition coefficient (Wildman–Crippen LogP) is 0.169. The molecule has 14 heavy (non-hydrogen) atoms. The second kappa shape index (κ2) is 2.57. The average molecular weight is 195 g/mol. The Bertz CT molecular complexity index is 286. The SMILES string of the molecule is CCN1C(=O)C2CC3OC3CC2C1=O. The summed E-state index contributed by atoms with van der Waals surface area (Å²) in [6.07, 6.45) is 2.06. The van der Waals surface area contributed by atoms with Crippen molar-refractivity contribution in [2.24, 2.45) is 11.8 Å². The minimum Gasteiger partial charge on any atom is -0.370 e. The molecule has 0 radical (unpaired) electrons. The third kappa shape index (κ3) is 0.919. The number of rotatable bonds is 1. The minimum atomic E-state index is -0.0776. The molecule has 4 unspecified atom stereocenters. The Balaban J connectivity index is 1.88. The highest BCUT2D eigenvalue weighted by atomic mass is 16.6. The van der Waals surface area contributed by atoms with Crippen molar-refractivity contribution in [2.45, 2.75) is 32.0 Å². The molecule has 0 bridgehead atoms. The lowest BCUT2D eigenvalue weighted by atomic mass is 9.81. The monoisotopic (exact) mass is 195 g/mol. The zero-order valence-electron chi connectivity index (χ0n) is 8.10. The maximum Gasteiger partial charge on any atom is 0.233 e. The molecule has 2 heterocycles. The number of imide groups is 1. The predicted molar refractivity (Wildman–Crippen MR) is 47.3 cm³/mol. The summed E-state index contributed by atoms with van der Waals surface area (Å²) < 4.78 is 5.36. The van der Waals surface area contributed by atoms with E-state index in [1.807, 2.05) is 6.92 Å². The smallest absolute Gasteiger partial charge is 0.233 e. The summed E-state index contributed by atoms with van der Waals surface area (Å²) in [5.41, 5.74) is 0. The Kier molecular flexibility index (Phi) is 1.54. The van der Waals surface area contributed by atoms with Gasteiger partial charge in [0.2, 0.25) is 11.8 Å². The molecular weight excluding hydrogens is 182 g/mol. The Labute approximate surface area is 82.2 Å². The van der Waals surface area contributed by atoms with Crippen LogP contribution in [-0.4, -0.2) is 35.5 Å². The van der Waals surface area contributed by atoms with Crippen LogP contribution in [0.25, 0.3) is 0 Å². The number of likely N-dealkylation sites (tertiary alicyclic amines) is 1. The lowest BCUT2D eigenvalue weighted by Crippen LogP contribution is -2.30. The number of amides is 2. The molecule has 1 saturated carbocycles. The Morgan fingerprint density at radius 3 is 2.14 bits per heavy atom. The highest BCUT2D eigenvalue weighted by Crippen LogP contribution is 2.46. The van der Waals surface area contributed by atoms with Gasteiger partial charge in [-0.3, -0.25) is 14.5 Å². The van der Waals surface area contributed by atoms with E-state index in [2.05, 4.69) is 0 Å². The van der Waals surface area contributed by atoms with Crippen LogP contribution < -0.4 is 0 Å².